The third-order valence-electron chi connectivity index (χ3n) is 3.71. The first kappa shape index (κ1) is 17.5. The van der Waals surface area contributed by atoms with E-state index in [1.807, 2.05) is 22.1 Å². The minimum Gasteiger partial charge on any atom is -0.366 e. The van der Waals surface area contributed by atoms with Gasteiger partial charge in [-0.3, -0.25) is 4.79 Å². The predicted molar refractivity (Wildman–Crippen MR) is 97.6 cm³/mol. The highest BCUT2D eigenvalue weighted by atomic mass is 32.2. The Hall–Kier alpha value is -1.32. The molecule has 1 aliphatic heterocycles. The van der Waals surface area contributed by atoms with Crippen LogP contribution < -0.4 is 4.90 Å². The summed E-state index contributed by atoms with van der Waals surface area (Å²) in [7, 11) is 0. The highest BCUT2D eigenvalue weighted by Crippen LogP contribution is 2.27. The first-order valence-electron chi connectivity index (χ1n) is 7.45. The number of rotatable bonds is 5. The Morgan fingerprint density at radius 3 is 2.58 bits per heavy atom. The number of anilines is 1. The monoisotopic (exact) mass is 384 g/mol. The van der Waals surface area contributed by atoms with Crippen LogP contribution in [0.2, 0.25) is 0 Å². The van der Waals surface area contributed by atoms with E-state index in [4.69, 9.17) is 0 Å². The summed E-state index contributed by atoms with van der Waals surface area (Å²) in [6, 6.07) is 6.76. The molecule has 1 fully saturated rings. The first-order chi connectivity index (χ1) is 11.7. The molecule has 3 rings (SSSR count). The van der Waals surface area contributed by atoms with Crippen molar-refractivity contribution in [2.75, 3.05) is 43.1 Å². The molecule has 0 unspecified atom stereocenters. The highest BCUT2D eigenvalue weighted by Gasteiger charge is 2.23. The second kappa shape index (κ2) is 8.17. The van der Waals surface area contributed by atoms with Gasteiger partial charge in [0.25, 0.3) is 0 Å². The van der Waals surface area contributed by atoms with Gasteiger partial charge in [-0.25, -0.2) is 4.39 Å². The average molecular weight is 385 g/mol. The normalized spacial score (nSPS) is 14.9. The lowest BCUT2D eigenvalue weighted by Crippen LogP contribution is -2.49. The molecule has 1 saturated heterocycles. The van der Waals surface area contributed by atoms with E-state index in [-0.39, 0.29) is 11.7 Å². The molecule has 128 valence electrons. The van der Waals surface area contributed by atoms with Crippen LogP contribution in [-0.2, 0) is 4.79 Å². The van der Waals surface area contributed by atoms with Crippen molar-refractivity contribution in [2.24, 2.45) is 0 Å². The summed E-state index contributed by atoms with van der Waals surface area (Å²) in [4.78, 5) is 16.1. The summed E-state index contributed by atoms with van der Waals surface area (Å²) in [6.45, 7) is 2.51. The van der Waals surface area contributed by atoms with E-state index in [0.29, 0.717) is 37.6 Å². The number of para-hydroxylation sites is 1. The van der Waals surface area contributed by atoms with Crippen LogP contribution in [0.3, 0.4) is 0 Å². The number of hydrogen-bond acceptors (Lipinski definition) is 7. The number of carbonyl (C=O) groups excluding carboxylic acids is 1. The van der Waals surface area contributed by atoms with Gasteiger partial charge >= 0.3 is 0 Å². The van der Waals surface area contributed by atoms with Gasteiger partial charge in [-0.15, -0.1) is 10.2 Å². The Morgan fingerprint density at radius 1 is 1.21 bits per heavy atom. The molecule has 0 aliphatic carbocycles. The first-order valence-corrected chi connectivity index (χ1v) is 10.5. The topological polar surface area (TPSA) is 49.3 Å². The lowest BCUT2D eigenvalue weighted by atomic mass is 10.2. The van der Waals surface area contributed by atoms with Crippen molar-refractivity contribution in [1.82, 2.24) is 15.1 Å². The van der Waals surface area contributed by atoms with Gasteiger partial charge in [0.2, 0.25) is 5.91 Å². The summed E-state index contributed by atoms with van der Waals surface area (Å²) in [6.07, 6.45) is 1.95. The smallest absolute Gasteiger partial charge is 0.233 e. The fourth-order valence-corrected chi connectivity index (χ4v) is 4.80. The predicted octanol–water partition coefficient (Wildman–Crippen LogP) is 2.84. The van der Waals surface area contributed by atoms with E-state index >= 15 is 0 Å². The number of thioether (sulfide) groups is 2. The summed E-state index contributed by atoms with van der Waals surface area (Å²) >= 11 is 4.48. The molecule has 2 aromatic rings. The number of nitrogens with zero attached hydrogens (tertiary/aromatic N) is 4. The maximum Gasteiger partial charge on any atom is 0.233 e. The van der Waals surface area contributed by atoms with E-state index < -0.39 is 0 Å². The Balaban J connectivity index is 1.49. The van der Waals surface area contributed by atoms with E-state index in [1.165, 1.54) is 29.2 Å². The van der Waals surface area contributed by atoms with Crippen LogP contribution in [0.15, 0.2) is 32.9 Å². The molecular formula is C15H17FN4OS3. The molecule has 9 heteroatoms. The van der Waals surface area contributed by atoms with Gasteiger partial charge in [-0.2, -0.15) is 0 Å². The molecule has 2 heterocycles. The van der Waals surface area contributed by atoms with Gasteiger partial charge in [-0.05, 0) is 18.4 Å². The summed E-state index contributed by atoms with van der Waals surface area (Å²) in [5.74, 6) is 0.241. The molecule has 24 heavy (non-hydrogen) atoms. The van der Waals surface area contributed by atoms with E-state index in [2.05, 4.69) is 10.2 Å². The van der Waals surface area contributed by atoms with Gasteiger partial charge in [0, 0.05) is 26.2 Å². The van der Waals surface area contributed by atoms with Crippen LogP contribution in [0.1, 0.15) is 0 Å². The van der Waals surface area contributed by atoms with Crippen LogP contribution >= 0.6 is 34.9 Å². The third kappa shape index (κ3) is 4.20. The fourth-order valence-electron chi connectivity index (χ4n) is 2.46. The van der Waals surface area contributed by atoms with E-state index in [1.54, 1.807) is 23.9 Å². The molecular weight excluding hydrogens is 367 g/mol. The van der Waals surface area contributed by atoms with E-state index in [0.717, 1.165) is 8.68 Å². The number of hydrogen-bond donors (Lipinski definition) is 0. The van der Waals surface area contributed by atoms with Gasteiger partial charge < -0.3 is 9.80 Å². The van der Waals surface area contributed by atoms with Crippen LogP contribution in [0, 0.1) is 5.82 Å². The minimum absolute atomic E-state index is 0.0917. The molecule has 0 atom stereocenters. The lowest BCUT2D eigenvalue weighted by Gasteiger charge is -2.36. The maximum atomic E-state index is 13.8. The van der Waals surface area contributed by atoms with Crippen molar-refractivity contribution >= 4 is 46.5 Å². The second-order valence-corrected chi connectivity index (χ2v) is 8.40. The third-order valence-corrected chi connectivity index (χ3v) is 6.72. The second-order valence-electron chi connectivity index (χ2n) is 5.15. The van der Waals surface area contributed by atoms with Gasteiger partial charge in [-0.1, -0.05) is 47.0 Å². The zero-order valence-electron chi connectivity index (χ0n) is 13.1. The highest BCUT2D eigenvalue weighted by molar-refractivity contribution is 8.03. The molecule has 0 bridgehead atoms. The Kier molecular flexibility index (Phi) is 5.96. The molecule has 1 amide bonds. The Morgan fingerprint density at radius 2 is 1.92 bits per heavy atom. The van der Waals surface area contributed by atoms with Gasteiger partial charge in [0.15, 0.2) is 8.68 Å². The SMILES string of the molecule is CSc1nnc(SCC(=O)N2CCN(c3ccccc3F)CC2)s1. The number of piperazine rings is 1. The lowest BCUT2D eigenvalue weighted by molar-refractivity contribution is -0.128. The van der Waals surface area contributed by atoms with Crippen molar-refractivity contribution in [1.29, 1.82) is 0 Å². The van der Waals surface area contributed by atoms with Crippen molar-refractivity contribution < 1.29 is 9.18 Å². The average Bonchev–Trinajstić information content (AvgIpc) is 3.08. The summed E-state index contributed by atoms with van der Waals surface area (Å²) < 4.78 is 15.6. The summed E-state index contributed by atoms with van der Waals surface area (Å²) in [5, 5.41) is 8.08. The summed E-state index contributed by atoms with van der Waals surface area (Å²) in [5.41, 5.74) is 0.609. The van der Waals surface area contributed by atoms with Crippen molar-refractivity contribution in [3.8, 4) is 0 Å². The van der Waals surface area contributed by atoms with Crippen LogP contribution in [0.4, 0.5) is 10.1 Å². The Labute approximate surface area is 152 Å². The minimum atomic E-state index is -0.214. The van der Waals surface area contributed by atoms with Crippen LogP contribution in [0.5, 0.6) is 0 Å². The van der Waals surface area contributed by atoms with Crippen LogP contribution in [-0.4, -0.2) is 59.2 Å². The molecule has 0 spiro atoms. The number of halogens is 1. The molecule has 1 aromatic carbocycles. The molecule has 5 nitrogen and oxygen atoms in total. The number of carbonyl (C=O) groups is 1. The molecule has 1 aliphatic rings. The molecule has 0 saturated carbocycles. The number of aromatic nitrogens is 2. The van der Waals surface area contributed by atoms with E-state index in [9.17, 15) is 9.18 Å². The van der Waals surface area contributed by atoms with Crippen molar-refractivity contribution in [3.05, 3.63) is 30.1 Å². The maximum absolute atomic E-state index is 13.8. The van der Waals surface area contributed by atoms with Crippen molar-refractivity contribution in [2.45, 2.75) is 8.68 Å². The Bertz CT molecular complexity index is 704. The fraction of sp³-hybridized carbons (Fsp3) is 0.400. The number of benzene rings is 1. The van der Waals surface area contributed by atoms with Crippen LogP contribution in [0.25, 0.3) is 0 Å². The zero-order valence-corrected chi connectivity index (χ0v) is 15.6. The molecule has 1 aromatic heterocycles. The molecule has 0 N–H and O–H groups in total. The largest absolute Gasteiger partial charge is 0.366 e. The quantitative estimate of drug-likeness (QED) is 0.739. The van der Waals surface area contributed by atoms with Gasteiger partial charge in [0.1, 0.15) is 5.82 Å². The van der Waals surface area contributed by atoms with Gasteiger partial charge in [0.05, 0.1) is 11.4 Å². The standard InChI is InChI=1S/C15H17FN4OS3/c1-22-14-17-18-15(24-14)23-10-13(21)20-8-6-19(7-9-20)12-5-3-2-4-11(12)16/h2-5H,6-10H2,1H3. The zero-order chi connectivity index (χ0) is 16.9. The number of amides is 1. The van der Waals surface area contributed by atoms with Crippen molar-refractivity contribution in [3.63, 3.8) is 0 Å². The molecule has 0 radical (unpaired) electrons.